The number of unbranched alkanes of at least 4 members (excludes halogenated alkanes) is 1. The number of hydrogen-bond acceptors (Lipinski definition) is 2. The molecule has 20 heavy (non-hydrogen) atoms. The quantitative estimate of drug-likeness (QED) is 0.779. The zero-order chi connectivity index (χ0) is 15.3. The fourth-order valence-electron chi connectivity index (χ4n) is 2.05. The van der Waals surface area contributed by atoms with Gasteiger partial charge in [0.2, 0.25) is 0 Å². The number of anilines is 1. The molecule has 0 saturated carbocycles. The van der Waals surface area contributed by atoms with E-state index in [0.29, 0.717) is 5.69 Å². The molecule has 0 aliphatic rings. The van der Waals surface area contributed by atoms with Crippen LogP contribution in [0.2, 0.25) is 0 Å². The van der Waals surface area contributed by atoms with E-state index < -0.39 is 11.8 Å². The molecule has 0 heterocycles. The van der Waals surface area contributed by atoms with Crippen LogP contribution in [0.1, 0.15) is 50.4 Å². The Morgan fingerprint density at radius 2 is 2.10 bits per heavy atom. The highest BCUT2D eigenvalue weighted by Gasteiger charge is 2.21. The molecule has 1 rings (SSSR count). The number of nitrogens with zero attached hydrogens (tertiary/aromatic N) is 1. The number of carbonyl (C=O) groups is 1. The van der Waals surface area contributed by atoms with Gasteiger partial charge in [0, 0.05) is 12.6 Å². The van der Waals surface area contributed by atoms with Gasteiger partial charge in [-0.3, -0.25) is 0 Å². The summed E-state index contributed by atoms with van der Waals surface area (Å²) in [4.78, 5) is 13.0. The highest BCUT2D eigenvalue weighted by Crippen LogP contribution is 2.31. The summed E-state index contributed by atoms with van der Waals surface area (Å²) in [5.41, 5.74) is 0.413. The van der Waals surface area contributed by atoms with Crippen LogP contribution >= 0.6 is 15.9 Å². The number of benzene rings is 1. The predicted molar refractivity (Wildman–Crippen MR) is 83.1 cm³/mol. The van der Waals surface area contributed by atoms with Crippen molar-refractivity contribution >= 4 is 27.6 Å². The van der Waals surface area contributed by atoms with Gasteiger partial charge in [0.25, 0.3) is 0 Å². The van der Waals surface area contributed by atoms with Crippen LogP contribution in [0.3, 0.4) is 0 Å². The average molecular weight is 346 g/mol. The van der Waals surface area contributed by atoms with Crippen molar-refractivity contribution in [1.29, 1.82) is 0 Å². The summed E-state index contributed by atoms with van der Waals surface area (Å²) in [7, 11) is 0. The lowest BCUT2D eigenvalue weighted by Gasteiger charge is -2.31. The lowest BCUT2D eigenvalue weighted by Crippen LogP contribution is -2.34. The summed E-state index contributed by atoms with van der Waals surface area (Å²) in [6, 6.07) is 3.22. The maximum absolute atomic E-state index is 14.4. The van der Waals surface area contributed by atoms with Crippen LogP contribution in [0, 0.1) is 5.82 Å². The molecule has 1 unspecified atom stereocenters. The summed E-state index contributed by atoms with van der Waals surface area (Å²) in [5, 5.41) is 9.01. The van der Waals surface area contributed by atoms with Crippen LogP contribution in [-0.2, 0) is 0 Å². The van der Waals surface area contributed by atoms with Gasteiger partial charge < -0.3 is 10.0 Å². The van der Waals surface area contributed by atoms with E-state index in [2.05, 4.69) is 29.8 Å². The molecule has 3 nitrogen and oxygen atoms in total. The molecule has 0 aliphatic carbocycles. The molecule has 1 aromatic rings. The first-order valence-electron chi connectivity index (χ1n) is 6.91. The topological polar surface area (TPSA) is 40.5 Å². The lowest BCUT2D eigenvalue weighted by molar-refractivity contribution is 0.0695. The highest BCUT2D eigenvalue weighted by molar-refractivity contribution is 9.10. The van der Waals surface area contributed by atoms with E-state index in [-0.39, 0.29) is 16.1 Å². The molecule has 1 aromatic carbocycles. The molecule has 112 valence electrons. The third-order valence-electron chi connectivity index (χ3n) is 3.48. The van der Waals surface area contributed by atoms with Crippen molar-refractivity contribution in [2.75, 3.05) is 11.4 Å². The molecule has 0 spiro atoms. The Kier molecular flexibility index (Phi) is 6.46. The van der Waals surface area contributed by atoms with Crippen molar-refractivity contribution in [2.45, 2.75) is 46.1 Å². The third-order valence-corrected chi connectivity index (χ3v) is 4.25. The Morgan fingerprint density at radius 3 is 2.60 bits per heavy atom. The van der Waals surface area contributed by atoms with Crippen LogP contribution in [0.15, 0.2) is 16.6 Å². The van der Waals surface area contributed by atoms with E-state index in [4.69, 9.17) is 5.11 Å². The predicted octanol–water partition coefficient (Wildman–Crippen LogP) is 4.69. The van der Waals surface area contributed by atoms with Gasteiger partial charge in [-0.2, -0.15) is 0 Å². The number of halogens is 2. The monoisotopic (exact) mass is 345 g/mol. The zero-order valence-electron chi connectivity index (χ0n) is 12.1. The second kappa shape index (κ2) is 7.62. The first-order chi connectivity index (χ1) is 9.43. The normalized spacial score (nSPS) is 12.2. The zero-order valence-corrected chi connectivity index (χ0v) is 13.7. The van der Waals surface area contributed by atoms with Gasteiger partial charge in [-0.25, -0.2) is 9.18 Å². The first-order valence-corrected chi connectivity index (χ1v) is 7.71. The van der Waals surface area contributed by atoms with Gasteiger partial charge in [-0.15, -0.1) is 0 Å². The number of hydrogen-bond donors (Lipinski definition) is 1. The van der Waals surface area contributed by atoms with Gasteiger partial charge in [0.05, 0.1) is 15.7 Å². The van der Waals surface area contributed by atoms with E-state index in [0.717, 1.165) is 25.8 Å². The van der Waals surface area contributed by atoms with E-state index >= 15 is 0 Å². The van der Waals surface area contributed by atoms with Crippen LogP contribution in [0.4, 0.5) is 10.1 Å². The van der Waals surface area contributed by atoms with Crippen molar-refractivity contribution in [3.05, 3.63) is 28.0 Å². The summed E-state index contributed by atoms with van der Waals surface area (Å²) < 4.78 is 14.5. The van der Waals surface area contributed by atoms with Gasteiger partial charge in [0.15, 0.2) is 5.82 Å². The molecule has 0 amide bonds. The number of carboxylic acid groups (broad SMARTS) is 1. The standard InChI is InChI=1S/C15H21BrFNO2/c1-4-6-9-18(10(3)5-2)12-8-7-11(15(19)20)13(16)14(12)17/h7-8,10H,4-6,9H2,1-3H3,(H,19,20). The molecule has 0 bridgehead atoms. The second-order valence-electron chi connectivity index (χ2n) is 4.87. The van der Waals surface area contributed by atoms with Crippen molar-refractivity contribution in [3.8, 4) is 0 Å². The number of rotatable bonds is 7. The van der Waals surface area contributed by atoms with Crippen LogP contribution in [-0.4, -0.2) is 23.7 Å². The van der Waals surface area contributed by atoms with Crippen molar-refractivity contribution in [3.63, 3.8) is 0 Å². The molecular weight excluding hydrogens is 325 g/mol. The fourth-order valence-corrected chi connectivity index (χ4v) is 2.56. The summed E-state index contributed by atoms with van der Waals surface area (Å²) >= 11 is 3.06. The minimum absolute atomic E-state index is 0.0206. The minimum Gasteiger partial charge on any atom is -0.478 e. The molecule has 0 radical (unpaired) electrons. The van der Waals surface area contributed by atoms with E-state index in [1.54, 1.807) is 6.07 Å². The van der Waals surface area contributed by atoms with Crippen molar-refractivity contribution in [2.24, 2.45) is 0 Å². The Bertz CT molecular complexity index is 479. The van der Waals surface area contributed by atoms with E-state index in [1.165, 1.54) is 6.07 Å². The van der Waals surface area contributed by atoms with Crippen LogP contribution in [0.5, 0.6) is 0 Å². The highest BCUT2D eigenvalue weighted by atomic mass is 79.9. The molecule has 1 N–H and O–H groups in total. The molecule has 0 saturated heterocycles. The Hall–Kier alpha value is -1.10. The minimum atomic E-state index is -1.13. The molecule has 0 aliphatic heterocycles. The first kappa shape index (κ1) is 17.0. The van der Waals surface area contributed by atoms with Gasteiger partial charge >= 0.3 is 5.97 Å². The maximum atomic E-state index is 14.4. The Balaban J connectivity index is 3.20. The SMILES string of the molecule is CCCCN(c1ccc(C(=O)O)c(Br)c1F)C(C)CC. The Labute approximate surface area is 127 Å². The van der Waals surface area contributed by atoms with Crippen molar-refractivity contribution < 1.29 is 14.3 Å². The molecule has 0 aromatic heterocycles. The van der Waals surface area contributed by atoms with Gasteiger partial charge in [-0.1, -0.05) is 20.3 Å². The van der Waals surface area contributed by atoms with Crippen LogP contribution in [0.25, 0.3) is 0 Å². The fraction of sp³-hybridized carbons (Fsp3) is 0.533. The van der Waals surface area contributed by atoms with Gasteiger partial charge in [-0.05, 0) is 47.8 Å². The summed E-state index contributed by atoms with van der Waals surface area (Å²) in [5.74, 6) is -1.63. The number of carboxylic acids is 1. The molecule has 1 atom stereocenters. The smallest absolute Gasteiger partial charge is 0.336 e. The lowest BCUT2D eigenvalue weighted by atomic mass is 10.1. The third kappa shape index (κ3) is 3.72. The van der Waals surface area contributed by atoms with E-state index in [1.807, 2.05) is 11.8 Å². The molecule has 5 heteroatoms. The average Bonchev–Trinajstić information content (AvgIpc) is 2.42. The van der Waals surface area contributed by atoms with Crippen LogP contribution < -0.4 is 4.90 Å². The molecular formula is C15H21BrFNO2. The number of aromatic carboxylic acids is 1. The van der Waals surface area contributed by atoms with Crippen molar-refractivity contribution in [1.82, 2.24) is 0 Å². The molecule has 0 fully saturated rings. The van der Waals surface area contributed by atoms with E-state index in [9.17, 15) is 9.18 Å². The summed E-state index contributed by atoms with van der Waals surface area (Å²) in [6.07, 6.45) is 2.91. The Morgan fingerprint density at radius 1 is 1.45 bits per heavy atom. The maximum Gasteiger partial charge on any atom is 0.336 e. The summed E-state index contributed by atoms with van der Waals surface area (Å²) in [6.45, 7) is 6.96. The second-order valence-corrected chi connectivity index (χ2v) is 5.66. The van der Waals surface area contributed by atoms with Gasteiger partial charge in [0.1, 0.15) is 0 Å². The largest absolute Gasteiger partial charge is 0.478 e.